The minimum absolute atomic E-state index is 0.187. The average Bonchev–Trinajstić information content (AvgIpc) is 2.78. The monoisotopic (exact) mass is 225 g/mol. The number of aromatic nitrogens is 4. The van der Waals surface area contributed by atoms with E-state index in [4.69, 9.17) is 0 Å². The lowest BCUT2D eigenvalue weighted by molar-refractivity contribution is 0.294. The van der Waals surface area contributed by atoms with Gasteiger partial charge in [-0.15, -0.1) is 5.10 Å². The highest BCUT2D eigenvalue weighted by Gasteiger charge is 2.22. The lowest BCUT2D eigenvalue weighted by Gasteiger charge is -2.23. The van der Waals surface area contributed by atoms with Crippen LogP contribution in [0.15, 0.2) is 0 Å². The van der Waals surface area contributed by atoms with Gasteiger partial charge in [0.1, 0.15) is 0 Å². The molecule has 16 heavy (non-hydrogen) atoms. The molecule has 0 aliphatic heterocycles. The lowest BCUT2D eigenvalue weighted by Crippen LogP contribution is -2.24. The van der Waals surface area contributed by atoms with Crippen molar-refractivity contribution in [3.8, 4) is 0 Å². The van der Waals surface area contributed by atoms with Gasteiger partial charge in [-0.3, -0.25) is 0 Å². The van der Waals surface area contributed by atoms with Crippen LogP contribution in [0.3, 0.4) is 0 Å². The molecule has 5 heteroatoms. The maximum absolute atomic E-state index is 4.12. The fourth-order valence-electron chi connectivity index (χ4n) is 2.08. The van der Waals surface area contributed by atoms with Crippen LogP contribution in [-0.4, -0.2) is 27.3 Å². The third-order valence-corrected chi connectivity index (χ3v) is 3.46. The summed E-state index contributed by atoms with van der Waals surface area (Å²) in [6, 6.07) is 0.544. The molecule has 1 N–H and O–H groups in total. The number of nitrogens with one attached hydrogen (secondary N) is 1. The molecule has 0 bridgehead atoms. The van der Waals surface area contributed by atoms with Crippen molar-refractivity contribution < 1.29 is 0 Å². The molecule has 0 saturated carbocycles. The standard InChI is InChI=1S/C11H23N5/c1-6-10(7-2)9(4)16-11(8(3)12-5)13-14-15-16/h8-10,12H,6-7H2,1-5H3. The largest absolute Gasteiger partial charge is 0.311 e. The molecule has 1 rings (SSSR count). The van der Waals surface area contributed by atoms with Crippen LogP contribution in [0.4, 0.5) is 0 Å². The molecular weight excluding hydrogens is 202 g/mol. The van der Waals surface area contributed by atoms with Crippen molar-refractivity contribution >= 4 is 0 Å². The van der Waals surface area contributed by atoms with Crippen LogP contribution in [0.2, 0.25) is 0 Å². The molecule has 0 amide bonds. The molecule has 0 aliphatic rings. The van der Waals surface area contributed by atoms with Gasteiger partial charge in [-0.1, -0.05) is 26.7 Å². The van der Waals surface area contributed by atoms with Gasteiger partial charge in [-0.25, -0.2) is 4.68 Å². The third-order valence-electron chi connectivity index (χ3n) is 3.46. The van der Waals surface area contributed by atoms with Gasteiger partial charge >= 0.3 is 0 Å². The van der Waals surface area contributed by atoms with Gasteiger partial charge in [-0.2, -0.15) is 0 Å². The number of tetrazole rings is 1. The fraction of sp³-hybridized carbons (Fsp3) is 0.909. The van der Waals surface area contributed by atoms with Gasteiger partial charge in [0.05, 0.1) is 12.1 Å². The van der Waals surface area contributed by atoms with Crippen LogP contribution in [0.5, 0.6) is 0 Å². The summed E-state index contributed by atoms with van der Waals surface area (Å²) in [6.07, 6.45) is 2.32. The van der Waals surface area contributed by atoms with E-state index in [0.717, 1.165) is 18.7 Å². The maximum Gasteiger partial charge on any atom is 0.168 e. The van der Waals surface area contributed by atoms with E-state index in [2.05, 4.69) is 48.5 Å². The molecule has 0 spiro atoms. The number of hydrogen-bond donors (Lipinski definition) is 1. The summed E-state index contributed by atoms with van der Waals surface area (Å²) < 4.78 is 1.96. The first-order valence-corrected chi connectivity index (χ1v) is 6.10. The zero-order valence-corrected chi connectivity index (χ0v) is 10.9. The van der Waals surface area contributed by atoms with Crippen LogP contribution in [-0.2, 0) is 0 Å². The van der Waals surface area contributed by atoms with Crippen LogP contribution in [0.25, 0.3) is 0 Å². The molecule has 5 nitrogen and oxygen atoms in total. The quantitative estimate of drug-likeness (QED) is 0.804. The zero-order chi connectivity index (χ0) is 12.1. The van der Waals surface area contributed by atoms with Crippen molar-refractivity contribution in [2.24, 2.45) is 5.92 Å². The first-order valence-electron chi connectivity index (χ1n) is 6.10. The van der Waals surface area contributed by atoms with Gasteiger partial charge < -0.3 is 5.32 Å². The molecule has 0 fully saturated rings. The Morgan fingerprint density at radius 2 is 1.88 bits per heavy atom. The van der Waals surface area contributed by atoms with E-state index in [1.165, 1.54) is 0 Å². The highest BCUT2D eigenvalue weighted by atomic mass is 15.6. The first kappa shape index (κ1) is 13.1. The highest BCUT2D eigenvalue weighted by molar-refractivity contribution is 4.91. The molecule has 1 aromatic heterocycles. The van der Waals surface area contributed by atoms with Crippen LogP contribution in [0, 0.1) is 5.92 Å². The second kappa shape index (κ2) is 5.94. The first-order chi connectivity index (χ1) is 7.65. The molecule has 0 radical (unpaired) electrons. The maximum atomic E-state index is 4.12. The Morgan fingerprint density at radius 1 is 1.25 bits per heavy atom. The second-order valence-electron chi connectivity index (χ2n) is 4.31. The van der Waals surface area contributed by atoms with Gasteiger partial charge in [-0.05, 0) is 37.2 Å². The highest BCUT2D eigenvalue weighted by Crippen LogP contribution is 2.25. The Bertz CT molecular complexity index is 305. The Hall–Kier alpha value is -0.970. The molecule has 2 atom stereocenters. The molecule has 0 aliphatic carbocycles. The van der Waals surface area contributed by atoms with Crippen LogP contribution >= 0.6 is 0 Å². The van der Waals surface area contributed by atoms with E-state index in [1.807, 2.05) is 11.7 Å². The molecular formula is C11H23N5. The van der Waals surface area contributed by atoms with E-state index in [-0.39, 0.29) is 6.04 Å². The smallest absolute Gasteiger partial charge is 0.168 e. The number of hydrogen-bond acceptors (Lipinski definition) is 4. The van der Waals surface area contributed by atoms with Gasteiger partial charge in [0.15, 0.2) is 5.82 Å². The Morgan fingerprint density at radius 3 is 2.38 bits per heavy atom. The van der Waals surface area contributed by atoms with E-state index in [0.29, 0.717) is 12.0 Å². The molecule has 0 saturated heterocycles. The summed E-state index contributed by atoms with van der Waals surface area (Å²) in [5.41, 5.74) is 0. The lowest BCUT2D eigenvalue weighted by atomic mass is 9.95. The number of rotatable bonds is 6. The molecule has 1 aromatic rings. The summed E-state index contributed by atoms with van der Waals surface area (Å²) >= 11 is 0. The van der Waals surface area contributed by atoms with Gasteiger partial charge in [0.2, 0.25) is 0 Å². The summed E-state index contributed by atoms with van der Waals surface area (Å²) in [7, 11) is 1.92. The van der Waals surface area contributed by atoms with Crippen molar-refractivity contribution in [3.05, 3.63) is 5.82 Å². The molecule has 0 aromatic carbocycles. The van der Waals surface area contributed by atoms with Crippen molar-refractivity contribution in [2.45, 2.75) is 52.6 Å². The topological polar surface area (TPSA) is 55.6 Å². The van der Waals surface area contributed by atoms with E-state index < -0.39 is 0 Å². The van der Waals surface area contributed by atoms with Crippen molar-refractivity contribution in [1.29, 1.82) is 0 Å². The average molecular weight is 225 g/mol. The second-order valence-corrected chi connectivity index (χ2v) is 4.31. The van der Waals surface area contributed by atoms with Crippen molar-refractivity contribution in [3.63, 3.8) is 0 Å². The van der Waals surface area contributed by atoms with Crippen molar-refractivity contribution in [1.82, 2.24) is 25.5 Å². The molecule has 92 valence electrons. The fourth-order valence-corrected chi connectivity index (χ4v) is 2.08. The van der Waals surface area contributed by atoms with E-state index in [1.54, 1.807) is 0 Å². The SMILES string of the molecule is CCC(CC)C(C)n1nnnc1C(C)NC. The minimum Gasteiger partial charge on any atom is -0.311 e. The van der Waals surface area contributed by atoms with Crippen molar-refractivity contribution in [2.75, 3.05) is 7.05 Å². The summed E-state index contributed by atoms with van der Waals surface area (Å²) in [6.45, 7) is 8.70. The predicted molar refractivity (Wildman–Crippen MR) is 64.1 cm³/mol. The minimum atomic E-state index is 0.187. The van der Waals surface area contributed by atoms with Gasteiger partial charge in [0.25, 0.3) is 0 Å². The third kappa shape index (κ3) is 2.58. The molecule has 2 unspecified atom stereocenters. The Kier molecular flexibility index (Phi) is 4.86. The number of nitrogens with zero attached hydrogens (tertiary/aromatic N) is 4. The summed E-state index contributed by atoms with van der Waals surface area (Å²) in [5.74, 6) is 1.55. The van der Waals surface area contributed by atoms with Crippen LogP contribution < -0.4 is 5.32 Å². The normalized spacial score (nSPS) is 15.4. The van der Waals surface area contributed by atoms with E-state index in [9.17, 15) is 0 Å². The Balaban J connectivity index is 2.90. The van der Waals surface area contributed by atoms with Gasteiger partial charge in [0, 0.05) is 0 Å². The van der Waals surface area contributed by atoms with Crippen LogP contribution in [0.1, 0.15) is 58.4 Å². The zero-order valence-electron chi connectivity index (χ0n) is 10.9. The summed E-state index contributed by atoms with van der Waals surface area (Å²) in [4.78, 5) is 0. The Labute approximate surface area is 97.6 Å². The summed E-state index contributed by atoms with van der Waals surface area (Å²) in [5, 5.41) is 15.2. The molecule has 1 heterocycles. The predicted octanol–water partition coefficient (Wildman–Crippen LogP) is 1.95. The van der Waals surface area contributed by atoms with E-state index >= 15 is 0 Å².